The third-order valence-corrected chi connectivity index (χ3v) is 3.33. The molecule has 2 aromatic heterocycles. The number of carbonyl (C=O) groups excluding carboxylic acids is 1. The maximum absolute atomic E-state index is 9.92. The van der Waals surface area contributed by atoms with Crippen LogP contribution >= 0.6 is 0 Å². The molecule has 3 rings (SSSR count). The molecule has 0 amide bonds. The second kappa shape index (κ2) is 9.24. The first-order valence-electron chi connectivity index (χ1n) is 7.73. The lowest BCUT2D eigenvalue weighted by molar-refractivity contribution is 0.111. The average Bonchev–Trinajstić information content (AvgIpc) is 2.68. The Balaban J connectivity index is 0.000000236. The summed E-state index contributed by atoms with van der Waals surface area (Å²) in [6.07, 6.45) is 3.54. The molecule has 8 heteroatoms. The zero-order valence-corrected chi connectivity index (χ0v) is 14.4. The molecule has 0 saturated heterocycles. The fourth-order valence-electron chi connectivity index (χ4n) is 2.16. The predicted molar refractivity (Wildman–Crippen MR) is 98.8 cm³/mol. The smallest absolute Gasteiger partial charge is 0.224 e. The van der Waals surface area contributed by atoms with Gasteiger partial charge >= 0.3 is 0 Å². The van der Waals surface area contributed by atoms with E-state index >= 15 is 0 Å². The summed E-state index contributed by atoms with van der Waals surface area (Å²) in [7, 11) is 5.62. The molecular formula is C17H21N7O. The van der Waals surface area contributed by atoms with Gasteiger partial charge in [-0.3, -0.25) is 4.79 Å². The zero-order chi connectivity index (χ0) is 18.1. The molecule has 2 heterocycles. The van der Waals surface area contributed by atoms with E-state index < -0.39 is 0 Å². The van der Waals surface area contributed by atoms with Crippen LogP contribution in [0.15, 0.2) is 36.8 Å². The van der Waals surface area contributed by atoms with Gasteiger partial charge in [0.15, 0.2) is 6.29 Å². The van der Waals surface area contributed by atoms with E-state index in [4.69, 9.17) is 0 Å². The Bertz CT molecular complexity index is 824. The largest absolute Gasteiger partial charge is 0.372 e. The molecule has 3 aromatic rings. The number of aldehydes is 1. The molecule has 0 unspecified atom stereocenters. The lowest BCUT2D eigenvalue weighted by Gasteiger charge is -2.09. The normalized spacial score (nSPS) is 9.88. The van der Waals surface area contributed by atoms with Crippen molar-refractivity contribution in [2.45, 2.75) is 6.54 Å². The average molecular weight is 339 g/mol. The first-order chi connectivity index (χ1) is 12.2. The van der Waals surface area contributed by atoms with Gasteiger partial charge in [-0.25, -0.2) is 15.0 Å². The van der Waals surface area contributed by atoms with Crippen LogP contribution in [0.3, 0.4) is 0 Å². The second-order valence-electron chi connectivity index (χ2n) is 5.03. The monoisotopic (exact) mass is 339 g/mol. The molecule has 0 spiro atoms. The van der Waals surface area contributed by atoms with Gasteiger partial charge in [0.25, 0.3) is 0 Å². The van der Waals surface area contributed by atoms with E-state index in [2.05, 4.69) is 48.0 Å². The first-order valence-corrected chi connectivity index (χ1v) is 7.73. The highest BCUT2D eigenvalue weighted by atomic mass is 16.1. The SMILES string of the molecule is CNCc1ccc2nc(NC)nc(NC)c2c1.O=Cc1ccncn1. The number of nitrogens with zero attached hydrogens (tertiary/aromatic N) is 4. The van der Waals surface area contributed by atoms with Crippen LogP contribution in [0.5, 0.6) is 0 Å². The minimum Gasteiger partial charge on any atom is -0.372 e. The molecule has 3 N–H and O–H groups in total. The first kappa shape index (κ1) is 18.2. The van der Waals surface area contributed by atoms with Gasteiger partial charge < -0.3 is 16.0 Å². The summed E-state index contributed by atoms with van der Waals surface area (Å²) in [5, 5.41) is 10.2. The summed E-state index contributed by atoms with van der Waals surface area (Å²) in [6.45, 7) is 0.840. The number of fused-ring (bicyclic) bond motifs is 1. The van der Waals surface area contributed by atoms with Crippen molar-refractivity contribution in [2.75, 3.05) is 31.8 Å². The number of nitrogens with one attached hydrogen (secondary N) is 3. The maximum atomic E-state index is 9.92. The maximum Gasteiger partial charge on any atom is 0.224 e. The highest BCUT2D eigenvalue weighted by Gasteiger charge is 2.06. The summed E-state index contributed by atoms with van der Waals surface area (Å²) >= 11 is 0. The number of aromatic nitrogens is 4. The van der Waals surface area contributed by atoms with Crippen LogP contribution in [0.2, 0.25) is 0 Å². The third kappa shape index (κ3) is 4.92. The quantitative estimate of drug-likeness (QED) is 0.604. The van der Waals surface area contributed by atoms with Crippen LogP contribution in [0.25, 0.3) is 10.9 Å². The summed E-state index contributed by atoms with van der Waals surface area (Å²) in [5.74, 6) is 1.47. The van der Waals surface area contributed by atoms with Crippen LogP contribution in [0.4, 0.5) is 11.8 Å². The summed E-state index contributed by atoms with van der Waals surface area (Å²) in [5.41, 5.74) is 2.57. The highest BCUT2D eigenvalue weighted by molar-refractivity contribution is 5.90. The number of rotatable bonds is 5. The van der Waals surface area contributed by atoms with E-state index in [1.54, 1.807) is 6.07 Å². The Morgan fingerprint density at radius 3 is 2.48 bits per heavy atom. The van der Waals surface area contributed by atoms with Crippen molar-refractivity contribution in [3.05, 3.63) is 48.0 Å². The van der Waals surface area contributed by atoms with E-state index in [9.17, 15) is 4.79 Å². The Morgan fingerprint density at radius 2 is 1.92 bits per heavy atom. The van der Waals surface area contributed by atoms with Crippen molar-refractivity contribution in [1.82, 2.24) is 25.3 Å². The summed E-state index contributed by atoms with van der Waals surface area (Å²) in [6, 6.07) is 7.75. The molecule has 0 atom stereocenters. The molecule has 0 aliphatic heterocycles. The van der Waals surface area contributed by atoms with Gasteiger partial charge in [0.05, 0.1) is 5.52 Å². The van der Waals surface area contributed by atoms with Gasteiger partial charge in [0, 0.05) is 32.2 Å². The lowest BCUT2D eigenvalue weighted by Crippen LogP contribution is -2.06. The topological polar surface area (TPSA) is 105 Å². The third-order valence-electron chi connectivity index (χ3n) is 3.33. The molecule has 25 heavy (non-hydrogen) atoms. The van der Waals surface area contributed by atoms with Crippen molar-refractivity contribution in [3.63, 3.8) is 0 Å². The summed E-state index contributed by atoms with van der Waals surface area (Å²) < 4.78 is 0. The highest BCUT2D eigenvalue weighted by Crippen LogP contribution is 2.22. The minimum atomic E-state index is 0.417. The van der Waals surface area contributed by atoms with E-state index in [1.165, 1.54) is 18.1 Å². The second-order valence-corrected chi connectivity index (χ2v) is 5.03. The molecule has 0 aliphatic carbocycles. The number of benzene rings is 1. The Hall–Kier alpha value is -3.13. The molecule has 1 aromatic carbocycles. The molecule has 8 nitrogen and oxygen atoms in total. The van der Waals surface area contributed by atoms with Crippen molar-refractivity contribution >= 4 is 29.0 Å². The predicted octanol–water partition coefficient (Wildman–Crippen LogP) is 1.72. The van der Waals surface area contributed by atoms with Crippen molar-refractivity contribution in [3.8, 4) is 0 Å². The van der Waals surface area contributed by atoms with Gasteiger partial charge in [-0.1, -0.05) is 6.07 Å². The molecule has 0 aliphatic rings. The number of carbonyl (C=O) groups is 1. The van der Waals surface area contributed by atoms with Crippen LogP contribution < -0.4 is 16.0 Å². The summed E-state index contributed by atoms with van der Waals surface area (Å²) in [4.78, 5) is 26.0. The van der Waals surface area contributed by atoms with E-state index in [-0.39, 0.29) is 0 Å². The van der Waals surface area contributed by atoms with E-state index in [0.29, 0.717) is 17.9 Å². The molecule has 130 valence electrons. The van der Waals surface area contributed by atoms with E-state index in [1.807, 2.05) is 27.2 Å². The van der Waals surface area contributed by atoms with Crippen LogP contribution in [-0.4, -0.2) is 47.4 Å². The Labute approximate surface area is 146 Å². The standard InChI is InChI=1S/C12H17N5.C5H4N2O/c1-13-7-8-4-5-10-9(6-8)11(14-2)17-12(15-3)16-10;8-3-5-1-2-6-4-7-5/h4-6,13H,7H2,1-3H3,(H2,14,15,16,17);1-4H. The molecule has 0 saturated carbocycles. The minimum absolute atomic E-state index is 0.417. The molecule has 0 fully saturated rings. The lowest BCUT2D eigenvalue weighted by atomic mass is 10.1. The van der Waals surface area contributed by atoms with Gasteiger partial charge in [-0.15, -0.1) is 0 Å². The fraction of sp³-hybridized carbons (Fsp3) is 0.235. The Morgan fingerprint density at radius 1 is 1.08 bits per heavy atom. The van der Waals surface area contributed by atoms with Crippen molar-refractivity contribution < 1.29 is 4.79 Å². The van der Waals surface area contributed by atoms with Crippen LogP contribution in [-0.2, 0) is 6.54 Å². The van der Waals surface area contributed by atoms with Gasteiger partial charge in [-0.2, -0.15) is 4.98 Å². The molecular weight excluding hydrogens is 318 g/mol. The van der Waals surface area contributed by atoms with Gasteiger partial charge in [0.2, 0.25) is 5.95 Å². The number of hydrogen-bond acceptors (Lipinski definition) is 8. The zero-order valence-electron chi connectivity index (χ0n) is 14.4. The Kier molecular flexibility index (Phi) is 6.73. The molecule has 0 radical (unpaired) electrons. The number of hydrogen-bond donors (Lipinski definition) is 3. The van der Waals surface area contributed by atoms with Crippen LogP contribution in [0.1, 0.15) is 16.1 Å². The molecule has 0 bridgehead atoms. The van der Waals surface area contributed by atoms with Crippen molar-refractivity contribution in [1.29, 1.82) is 0 Å². The van der Waals surface area contributed by atoms with E-state index in [0.717, 1.165) is 23.3 Å². The fourth-order valence-corrected chi connectivity index (χ4v) is 2.16. The van der Waals surface area contributed by atoms with Gasteiger partial charge in [-0.05, 0) is 30.8 Å². The number of anilines is 2. The van der Waals surface area contributed by atoms with Crippen molar-refractivity contribution in [2.24, 2.45) is 0 Å². The van der Waals surface area contributed by atoms with Crippen LogP contribution in [0, 0.1) is 0 Å². The van der Waals surface area contributed by atoms with Gasteiger partial charge in [0.1, 0.15) is 17.8 Å².